The molecule has 0 aromatic carbocycles. The van der Waals surface area contributed by atoms with E-state index < -0.39 is 12.1 Å². The number of hydrogen-bond acceptors (Lipinski definition) is 4. The first-order valence-electron chi connectivity index (χ1n) is 6.75. The average Bonchev–Trinajstić information content (AvgIpc) is 2.73. The van der Waals surface area contributed by atoms with Gasteiger partial charge in [0.15, 0.2) is 5.78 Å². The Kier molecular flexibility index (Phi) is 4.50. The van der Waals surface area contributed by atoms with Gasteiger partial charge in [-0.25, -0.2) is 4.79 Å². The highest BCUT2D eigenvalue weighted by Crippen LogP contribution is 2.42. The number of carboxylic acids is 1. The van der Waals surface area contributed by atoms with Gasteiger partial charge in [0.2, 0.25) is 0 Å². The zero-order valence-corrected chi connectivity index (χ0v) is 11.6. The smallest absolute Gasteiger partial charge is 0.475 e. The number of rotatable bonds is 0. The molecule has 5 nitrogen and oxygen atoms in total. The fourth-order valence-electron chi connectivity index (χ4n) is 2.83. The number of ketones is 1. The molecule has 0 radical (unpaired) electrons. The number of carboxylic acid groups (broad SMARTS) is 1. The molecular formula is C14H15F3N2O3. The molecule has 2 heterocycles. The van der Waals surface area contributed by atoms with E-state index in [0.717, 1.165) is 43.5 Å². The van der Waals surface area contributed by atoms with Crippen molar-refractivity contribution in [2.24, 2.45) is 5.41 Å². The molecular weight excluding hydrogens is 301 g/mol. The number of nitrogens with zero attached hydrogens (tertiary/aromatic N) is 1. The van der Waals surface area contributed by atoms with Gasteiger partial charge in [0.05, 0.1) is 0 Å². The summed E-state index contributed by atoms with van der Waals surface area (Å²) in [5.74, 6) is -2.41. The highest BCUT2D eigenvalue weighted by molar-refractivity contribution is 6.04. The Hall–Kier alpha value is -1.96. The zero-order chi connectivity index (χ0) is 16.4. The third-order valence-electron chi connectivity index (χ3n) is 3.96. The van der Waals surface area contributed by atoms with E-state index in [1.807, 2.05) is 12.3 Å². The van der Waals surface area contributed by atoms with Gasteiger partial charge >= 0.3 is 12.1 Å². The van der Waals surface area contributed by atoms with Crippen LogP contribution in [0.2, 0.25) is 0 Å². The molecule has 120 valence electrons. The van der Waals surface area contributed by atoms with Crippen LogP contribution in [0.3, 0.4) is 0 Å². The van der Waals surface area contributed by atoms with E-state index in [4.69, 9.17) is 9.90 Å². The van der Waals surface area contributed by atoms with Gasteiger partial charge < -0.3 is 10.4 Å². The van der Waals surface area contributed by atoms with Crippen molar-refractivity contribution >= 4 is 11.8 Å². The Labute approximate surface area is 124 Å². The molecule has 2 aliphatic rings. The summed E-state index contributed by atoms with van der Waals surface area (Å²) in [4.78, 5) is 25.3. The summed E-state index contributed by atoms with van der Waals surface area (Å²) < 4.78 is 31.7. The second kappa shape index (κ2) is 6.04. The van der Waals surface area contributed by atoms with Crippen LogP contribution >= 0.6 is 0 Å². The maximum atomic E-state index is 12.3. The second-order valence-electron chi connectivity index (χ2n) is 5.37. The molecule has 1 spiro atoms. The van der Waals surface area contributed by atoms with E-state index in [0.29, 0.717) is 5.78 Å². The minimum Gasteiger partial charge on any atom is -0.475 e. The third-order valence-corrected chi connectivity index (χ3v) is 3.96. The minimum atomic E-state index is -5.08. The van der Waals surface area contributed by atoms with Crippen LogP contribution in [0.4, 0.5) is 13.2 Å². The minimum absolute atomic E-state index is 0.101. The predicted octanol–water partition coefficient (Wildman–Crippen LogP) is 1.82. The monoisotopic (exact) mass is 316 g/mol. The number of pyridine rings is 1. The normalized spacial score (nSPS) is 19.3. The number of halogens is 3. The van der Waals surface area contributed by atoms with E-state index in [-0.39, 0.29) is 5.41 Å². The van der Waals surface area contributed by atoms with Gasteiger partial charge in [-0.05, 0) is 44.0 Å². The van der Waals surface area contributed by atoms with E-state index in [9.17, 15) is 18.0 Å². The lowest BCUT2D eigenvalue weighted by Crippen LogP contribution is -2.40. The van der Waals surface area contributed by atoms with Gasteiger partial charge in [-0.1, -0.05) is 0 Å². The zero-order valence-electron chi connectivity index (χ0n) is 11.6. The highest BCUT2D eigenvalue weighted by atomic mass is 19.4. The number of nitrogens with one attached hydrogen (secondary N) is 1. The van der Waals surface area contributed by atoms with Crippen molar-refractivity contribution in [1.82, 2.24) is 10.3 Å². The number of aliphatic carboxylic acids is 1. The molecule has 1 fully saturated rings. The Bertz CT molecular complexity index is 581. The Morgan fingerprint density at radius 3 is 2.41 bits per heavy atom. The van der Waals surface area contributed by atoms with Gasteiger partial charge in [-0.2, -0.15) is 13.2 Å². The molecule has 2 N–H and O–H groups in total. The maximum absolute atomic E-state index is 12.3. The number of carbonyl (C=O) groups is 2. The van der Waals surface area contributed by atoms with Crippen LogP contribution in [0, 0.1) is 5.41 Å². The Morgan fingerprint density at radius 1 is 1.32 bits per heavy atom. The van der Waals surface area contributed by atoms with Gasteiger partial charge in [0, 0.05) is 23.4 Å². The van der Waals surface area contributed by atoms with E-state index in [1.54, 1.807) is 6.20 Å². The van der Waals surface area contributed by atoms with Crippen LogP contribution in [-0.4, -0.2) is 41.1 Å². The Balaban J connectivity index is 0.000000217. The van der Waals surface area contributed by atoms with Crippen LogP contribution in [0.25, 0.3) is 0 Å². The molecule has 1 aromatic rings. The fourth-order valence-corrected chi connectivity index (χ4v) is 2.83. The van der Waals surface area contributed by atoms with E-state index >= 15 is 0 Å². The van der Waals surface area contributed by atoms with Gasteiger partial charge in [-0.15, -0.1) is 0 Å². The molecule has 1 aliphatic carbocycles. The van der Waals surface area contributed by atoms with Gasteiger partial charge in [0.25, 0.3) is 0 Å². The summed E-state index contributed by atoms with van der Waals surface area (Å²) in [7, 11) is 0. The largest absolute Gasteiger partial charge is 0.490 e. The topological polar surface area (TPSA) is 79.3 Å². The van der Waals surface area contributed by atoms with Crippen LogP contribution in [0.1, 0.15) is 28.8 Å². The third kappa shape index (κ3) is 3.27. The molecule has 1 aromatic heterocycles. The van der Waals surface area contributed by atoms with Crippen molar-refractivity contribution < 1.29 is 27.9 Å². The van der Waals surface area contributed by atoms with Crippen LogP contribution in [-0.2, 0) is 11.2 Å². The number of fused-ring (bicyclic) bond motifs is 1. The number of alkyl halides is 3. The first kappa shape index (κ1) is 16.4. The summed E-state index contributed by atoms with van der Waals surface area (Å²) in [5, 5.41) is 10.4. The number of aromatic nitrogens is 1. The maximum Gasteiger partial charge on any atom is 0.490 e. The first-order valence-corrected chi connectivity index (χ1v) is 6.75. The van der Waals surface area contributed by atoms with Crippen molar-refractivity contribution in [1.29, 1.82) is 0 Å². The van der Waals surface area contributed by atoms with Crippen molar-refractivity contribution in [3.05, 3.63) is 29.6 Å². The van der Waals surface area contributed by atoms with Crippen molar-refractivity contribution in [2.75, 3.05) is 13.1 Å². The summed E-state index contributed by atoms with van der Waals surface area (Å²) in [6, 6.07) is 1.87. The molecule has 3 rings (SSSR count). The van der Waals surface area contributed by atoms with Crippen molar-refractivity contribution in [2.45, 2.75) is 25.4 Å². The molecule has 0 amide bonds. The summed E-state index contributed by atoms with van der Waals surface area (Å²) in [6.07, 6.45) is 1.33. The lowest BCUT2D eigenvalue weighted by Gasteiger charge is -2.31. The fraction of sp³-hybridized carbons (Fsp3) is 0.500. The average molecular weight is 316 g/mol. The molecule has 0 saturated carbocycles. The van der Waals surface area contributed by atoms with Crippen LogP contribution in [0.15, 0.2) is 18.5 Å². The molecule has 8 heteroatoms. The van der Waals surface area contributed by atoms with Crippen LogP contribution < -0.4 is 5.32 Å². The van der Waals surface area contributed by atoms with Crippen LogP contribution in [0.5, 0.6) is 0 Å². The molecule has 0 bridgehead atoms. The second-order valence-corrected chi connectivity index (χ2v) is 5.37. The lowest BCUT2D eigenvalue weighted by atomic mass is 9.75. The summed E-state index contributed by atoms with van der Waals surface area (Å²) in [6.45, 7) is 1.93. The lowest BCUT2D eigenvalue weighted by molar-refractivity contribution is -0.192. The highest BCUT2D eigenvalue weighted by Gasteiger charge is 2.45. The number of carbonyl (C=O) groups excluding carboxylic acids is 1. The molecule has 1 saturated heterocycles. The summed E-state index contributed by atoms with van der Waals surface area (Å²) in [5.41, 5.74) is 1.95. The molecule has 1 aliphatic heterocycles. The molecule has 0 atom stereocenters. The van der Waals surface area contributed by atoms with Crippen molar-refractivity contribution in [3.8, 4) is 0 Å². The standard InChI is InChI=1S/C12H14N2O.C2HF3O2/c15-11-10-1-4-14-8-9(10)7-12(11)2-5-13-6-3-12;3-2(4,5)1(6)7/h1,4,8,13H,2-3,5-7H2;(H,6,7). The SMILES string of the molecule is O=C(O)C(F)(F)F.O=C1c2ccncc2CC12CCNCC2. The van der Waals surface area contributed by atoms with E-state index in [2.05, 4.69) is 10.3 Å². The molecule has 0 unspecified atom stereocenters. The van der Waals surface area contributed by atoms with Crippen molar-refractivity contribution in [3.63, 3.8) is 0 Å². The Morgan fingerprint density at radius 2 is 1.91 bits per heavy atom. The number of hydrogen-bond donors (Lipinski definition) is 2. The summed E-state index contributed by atoms with van der Waals surface area (Å²) >= 11 is 0. The molecule has 22 heavy (non-hydrogen) atoms. The number of Topliss-reactive ketones (excluding diaryl/α,β-unsaturated/α-hetero) is 1. The van der Waals surface area contributed by atoms with Gasteiger partial charge in [-0.3, -0.25) is 9.78 Å². The predicted molar refractivity (Wildman–Crippen MR) is 70.5 cm³/mol. The first-order chi connectivity index (χ1) is 10.3. The van der Waals surface area contributed by atoms with E-state index in [1.165, 1.54) is 0 Å². The quantitative estimate of drug-likeness (QED) is 0.763. The van der Waals surface area contributed by atoms with Gasteiger partial charge in [0.1, 0.15) is 0 Å². The number of piperidine rings is 1.